The second-order valence-corrected chi connectivity index (χ2v) is 6.14. The summed E-state index contributed by atoms with van der Waals surface area (Å²) in [6.45, 7) is 2.45. The molecular weight excluding hydrogens is 274 g/mol. The van der Waals surface area contributed by atoms with E-state index >= 15 is 0 Å². The molecule has 1 aliphatic rings. The molecule has 1 fully saturated rings. The molecule has 102 valence electrons. The van der Waals surface area contributed by atoms with Crippen LogP contribution in [0, 0.1) is 6.92 Å². The zero-order valence-electron chi connectivity index (χ0n) is 11.0. The average Bonchev–Trinajstić information content (AvgIpc) is 3.07. The van der Waals surface area contributed by atoms with Crippen molar-refractivity contribution in [3.05, 3.63) is 45.1 Å². The van der Waals surface area contributed by atoms with Gasteiger partial charge in [-0.25, -0.2) is 4.98 Å². The molecule has 0 aromatic carbocycles. The first kappa shape index (κ1) is 11.8. The van der Waals surface area contributed by atoms with Crippen LogP contribution in [0.5, 0.6) is 0 Å². The summed E-state index contributed by atoms with van der Waals surface area (Å²) in [6.07, 6.45) is 5.63. The van der Waals surface area contributed by atoms with Gasteiger partial charge in [0.2, 0.25) is 0 Å². The maximum Gasteiger partial charge on any atom is 0.271 e. The molecule has 6 heteroatoms. The minimum Gasteiger partial charge on any atom is -0.361 e. The monoisotopic (exact) mass is 287 g/mol. The molecule has 0 atom stereocenters. The van der Waals surface area contributed by atoms with Crippen molar-refractivity contribution in [1.82, 2.24) is 14.7 Å². The van der Waals surface area contributed by atoms with E-state index in [0.717, 1.165) is 39.9 Å². The quantitative estimate of drug-likeness (QED) is 0.743. The van der Waals surface area contributed by atoms with Gasteiger partial charge in [0, 0.05) is 11.5 Å². The standard InChI is InChI=1S/C14H13N3O2S/c1-8-6-20-13-11(8)15-7-17(14(13)18)5-10-4-16-19-12(10)9-2-3-9/h4,6-7,9H,2-3,5H2,1H3. The van der Waals surface area contributed by atoms with Gasteiger partial charge >= 0.3 is 0 Å². The molecule has 0 unspecified atom stereocenters. The van der Waals surface area contributed by atoms with Crippen molar-refractivity contribution in [2.24, 2.45) is 0 Å². The Morgan fingerprint density at radius 2 is 2.35 bits per heavy atom. The molecule has 5 nitrogen and oxygen atoms in total. The lowest BCUT2D eigenvalue weighted by atomic mass is 10.2. The third kappa shape index (κ3) is 1.79. The predicted molar refractivity (Wildman–Crippen MR) is 76.2 cm³/mol. The smallest absolute Gasteiger partial charge is 0.271 e. The zero-order chi connectivity index (χ0) is 13.7. The lowest BCUT2D eigenvalue weighted by Crippen LogP contribution is -2.20. The molecule has 0 aliphatic heterocycles. The number of nitrogens with zero attached hydrogens (tertiary/aromatic N) is 3. The van der Waals surface area contributed by atoms with Gasteiger partial charge in [-0.05, 0) is 30.7 Å². The number of hydrogen-bond donors (Lipinski definition) is 0. The maximum absolute atomic E-state index is 12.4. The predicted octanol–water partition coefficient (Wildman–Crippen LogP) is 2.68. The van der Waals surface area contributed by atoms with Crippen molar-refractivity contribution >= 4 is 21.6 Å². The average molecular weight is 287 g/mol. The molecule has 3 heterocycles. The molecule has 1 saturated carbocycles. The SMILES string of the molecule is Cc1csc2c(=O)n(Cc3cnoc3C3CC3)cnc12. The minimum absolute atomic E-state index is 0.0102. The number of fused-ring (bicyclic) bond motifs is 1. The molecule has 3 aromatic heterocycles. The maximum atomic E-state index is 12.4. The Labute approximate surface area is 118 Å². The Bertz CT molecular complexity index is 842. The van der Waals surface area contributed by atoms with Crippen molar-refractivity contribution in [3.63, 3.8) is 0 Å². The lowest BCUT2D eigenvalue weighted by Gasteiger charge is -2.04. The van der Waals surface area contributed by atoms with E-state index in [1.165, 1.54) is 11.3 Å². The number of hydrogen-bond acceptors (Lipinski definition) is 5. The molecule has 4 rings (SSSR count). The summed E-state index contributed by atoms with van der Waals surface area (Å²) in [7, 11) is 0. The van der Waals surface area contributed by atoms with Gasteiger partial charge < -0.3 is 4.52 Å². The van der Waals surface area contributed by atoms with Gasteiger partial charge in [-0.1, -0.05) is 5.16 Å². The van der Waals surface area contributed by atoms with E-state index in [9.17, 15) is 4.79 Å². The number of aromatic nitrogens is 3. The fraction of sp³-hybridized carbons (Fsp3) is 0.357. The third-order valence-corrected chi connectivity index (χ3v) is 4.76. The van der Waals surface area contributed by atoms with Crippen LogP contribution in [0.3, 0.4) is 0 Å². The molecule has 0 radical (unpaired) electrons. The van der Waals surface area contributed by atoms with E-state index in [1.807, 2.05) is 12.3 Å². The third-order valence-electron chi connectivity index (χ3n) is 3.69. The van der Waals surface area contributed by atoms with Crippen LogP contribution < -0.4 is 5.56 Å². The molecule has 20 heavy (non-hydrogen) atoms. The Kier molecular flexibility index (Phi) is 2.53. The van der Waals surface area contributed by atoms with Gasteiger partial charge in [-0.3, -0.25) is 9.36 Å². The Balaban J connectivity index is 1.77. The molecule has 0 bridgehead atoms. The number of aryl methyl sites for hydroxylation is 1. The highest BCUT2D eigenvalue weighted by molar-refractivity contribution is 7.17. The highest BCUT2D eigenvalue weighted by Gasteiger charge is 2.30. The second kappa shape index (κ2) is 4.28. The summed E-state index contributed by atoms with van der Waals surface area (Å²) in [5.74, 6) is 1.42. The van der Waals surface area contributed by atoms with Crippen molar-refractivity contribution < 1.29 is 4.52 Å². The summed E-state index contributed by atoms with van der Waals surface area (Å²) in [5.41, 5.74) is 2.86. The largest absolute Gasteiger partial charge is 0.361 e. The van der Waals surface area contributed by atoms with E-state index in [0.29, 0.717) is 12.5 Å². The molecule has 0 N–H and O–H groups in total. The fourth-order valence-electron chi connectivity index (χ4n) is 2.43. The number of thiophene rings is 1. The van der Waals surface area contributed by atoms with Gasteiger partial charge in [0.25, 0.3) is 5.56 Å². The van der Waals surface area contributed by atoms with Crippen LogP contribution in [0.1, 0.15) is 35.6 Å². The second-order valence-electron chi connectivity index (χ2n) is 5.26. The van der Waals surface area contributed by atoms with Gasteiger partial charge in [-0.15, -0.1) is 11.3 Å². The lowest BCUT2D eigenvalue weighted by molar-refractivity contribution is 0.382. The van der Waals surface area contributed by atoms with Crippen LogP contribution in [0.2, 0.25) is 0 Å². The summed E-state index contributed by atoms with van der Waals surface area (Å²) in [6, 6.07) is 0. The van der Waals surface area contributed by atoms with Crippen molar-refractivity contribution in [1.29, 1.82) is 0 Å². The molecule has 1 aliphatic carbocycles. The summed E-state index contributed by atoms with van der Waals surface area (Å²) in [4.78, 5) is 16.8. The Hall–Kier alpha value is -1.95. The molecule has 3 aromatic rings. The zero-order valence-corrected chi connectivity index (χ0v) is 11.8. The van der Waals surface area contributed by atoms with Crippen molar-refractivity contribution in [2.45, 2.75) is 32.2 Å². The van der Waals surface area contributed by atoms with E-state index in [-0.39, 0.29) is 5.56 Å². The van der Waals surface area contributed by atoms with Crippen molar-refractivity contribution in [3.8, 4) is 0 Å². The van der Waals surface area contributed by atoms with Gasteiger partial charge in [0.1, 0.15) is 10.5 Å². The van der Waals surface area contributed by atoms with E-state index in [4.69, 9.17) is 4.52 Å². The molecule has 0 spiro atoms. The topological polar surface area (TPSA) is 60.9 Å². The van der Waals surface area contributed by atoms with Crippen LogP contribution in [0.4, 0.5) is 0 Å². The van der Waals surface area contributed by atoms with Crippen LogP contribution in [0.15, 0.2) is 27.2 Å². The molecule has 0 saturated heterocycles. The van der Waals surface area contributed by atoms with Crippen LogP contribution in [-0.4, -0.2) is 14.7 Å². The first-order valence-corrected chi connectivity index (χ1v) is 7.48. The summed E-state index contributed by atoms with van der Waals surface area (Å²) in [5, 5.41) is 5.84. The highest BCUT2D eigenvalue weighted by atomic mass is 32.1. The Morgan fingerprint density at radius 3 is 3.15 bits per heavy atom. The summed E-state index contributed by atoms with van der Waals surface area (Å²) >= 11 is 1.46. The van der Waals surface area contributed by atoms with Crippen LogP contribution in [0.25, 0.3) is 10.2 Å². The van der Waals surface area contributed by atoms with E-state index in [2.05, 4.69) is 10.1 Å². The summed E-state index contributed by atoms with van der Waals surface area (Å²) < 4.78 is 7.66. The Morgan fingerprint density at radius 1 is 1.50 bits per heavy atom. The van der Waals surface area contributed by atoms with Crippen molar-refractivity contribution in [2.75, 3.05) is 0 Å². The van der Waals surface area contributed by atoms with Crippen LogP contribution >= 0.6 is 11.3 Å². The van der Waals surface area contributed by atoms with E-state index < -0.39 is 0 Å². The minimum atomic E-state index is 0.0102. The fourth-order valence-corrected chi connectivity index (χ4v) is 3.38. The van der Waals surface area contributed by atoms with Gasteiger partial charge in [0.05, 0.1) is 24.6 Å². The molecular formula is C14H13N3O2S. The first-order valence-electron chi connectivity index (χ1n) is 6.60. The molecule has 0 amide bonds. The number of rotatable bonds is 3. The normalized spacial score (nSPS) is 15.1. The van der Waals surface area contributed by atoms with E-state index in [1.54, 1.807) is 17.1 Å². The van der Waals surface area contributed by atoms with Gasteiger partial charge in [-0.2, -0.15) is 0 Å². The van der Waals surface area contributed by atoms with Crippen LogP contribution in [-0.2, 0) is 6.54 Å². The highest BCUT2D eigenvalue weighted by Crippen LogP contribution is 2.41. The van der Waals surface area contributed by atoms with Gasteiger partial charge in [0.15, 0.2) is 0 Å². The first-order chi connectivity index (χ1) is 9.74.